The van der Waals surface area contributed by atoms with Crippen molar-refractivity contribution in [1.29, 1.82) is 0 Å². The van der Waals surface area contributed by atoms with Gasteiger partial charge in [0.25, 0.3) is 11.8 Å². The second-order valence-electron chi connectivity index (χ2n) is 7.49. The van der Waals surface area contributed by atoms with Crippen molar-refractivity contribution in [2.75, 3.05) is 0 Å². The molecule has 8 nitrogen and oxygen atoms in total. The average Bonchev–Trinajstić information content (AvgIpc) is 3.05. The van der Waals surface area contributed by atoms with Crippen molar-refractivity contribution in [2.24, 2.45) is 5.92 Å². The maximum atomic E-state index is 12.6. The van der Waals surface area contributed by atoms with Gasteiger partial charge in [-0.05, 0) is 17.9 Å². The number of hydrogen-bond donors (Lipinski definition) is 1. The van der Waals surface area contributed by atoms with Gasteiger partial charge in [0.15, 0.2) is 0 Å². The molecule has 0 unspecified atom stereocenters. The van der Waals surface area contributed by atoms with Crippen LogP contribution < -0.4 is 5.32 Å². The second kappa shape index (κ2) is 10.0. The second-order valence-corrected chi connectivity index (χ2v) is 7.49. The Morgan fingerprint density at radius 2 is 1.69 bits per heavy atom. The molecule has 3 rings (SSSR count). The van der Waals surface area contributed by atoms with Gasteiger partial charge in [-0.1, -0.05) is 62.4 Å². The Morgan fingerprint density at radius 3 is 2.34 bits per heavy atom. The van der Waals surface area contributed by atoms with Crippen LogP contribution in [-0.4, -0.2) is 35.0 Å². The van der Waals surface area contributed by atoms with Crippen LogP contribution in [0, 0.1) is 5.92 Å². The molecular formula is C21H26N2O6. The number of nitrogens with zero attached hydrogens (tertiary/aromatic N) is 1. The van der Waals surface area contributed by atoms with Gasteiger partial charge in [0.2, 0.25) is 0 Å². The molecule has 1 heterocycles. The number of rotatable bonds is 7. The van der Waals surface area contributed by atoms with Gasteiger partial charge >= 0.3 is 12.1 Å². The summed E-state index contributed by atoms with van der Waals surface area (Å²) in [5.74, 6) is -1.66. The lowest BCUT2D eigenvalue weighted by atomic mass is 9.85. The SMILES string of the molecule is O=C(N[C@@H](CC1CCCCC1)C(=O)ON1C(=O)CCC1=O)OCc1ccccc1. The zero-order chi connectivity index (χ0) is 20.6. The summed E-state index contributed by atoms with van der Waals surface area (Å²) in [4.78, 5) is 53.4. The Balaban J connectivity index is 1.60. The molecule has 1 N–H and O–H groups in total. The molecule has 1 aliphatic carbocycles. The monoisotopic (exact) mass is 402 g/mol. The smallest absolute Gasteiger partial charge is 0.408 e. The van der Waals surface area contributed by atoms with Gasteiger partial charge in [-0.25, -0.2) is 9.59 Å². The van der Waals surface area contributed by atoms with Crippen molar-refractivity contribution >= 4 is 23.9 Å². The lowest BCUT2D eigenvalue weighted by Gasteiger charge is -2.26. The van der Waals surface area contributed by atoms with Crippen LogP contribution in [0.1, 0.15) is 56.9 Å². The Bertz CT molecular complexity index is 729. The zero-order valence-electron chi connectivity index (χ0n) is 16.3. The molecule has 8 heteroatoms. The lowest BCUT2D eigenvalue weighted by molar-refractivity contribution is -0.199. The highest BCUT2D eigenvalue weighted by atomic mass is 16.7. The van der Waals surface area contributed by atoms with Crippen LogP contribution >= 0.6 is 0 Å². The quantitative estimate of drug-likeness (QED) is 0.704. The largest absolute Gasteiger partial charge is 0.445 e. The molecule has 1 aromatic rings. The van der Waals surface area contributed by atoms with E-state index in [0.717, 1.165) is 37.7 Å². The first-order chi connectivity index (χ1) is 14.0. The normalized spacial score (nSPS) is 18.4. The standard InChI is InChI=1S/C21H26N2O6/c24-18-11-12-19(25)23(18)29-20(26)17(13-15-7-3-1-4-8-15)22-21(27)28-14-16-9-5-2-6-10-16/h2,5-6,9-10,15,17H,1,3-4,7-8,11-14H2,(H,22,27)/t17-/m0/s1. The Hall–Kier alpha value is -2.90. The molecule has 0 aromatic heterocycles. The molecule has 29 heavy (non-hydrogen) atoms. The molecule has 1 aromatic carbocycles. The number of ether oxygens (including phenoxy) is 1. The van der Waals surface area contributed by atoms with E-state index in [1.54, 1.807) is 0 Å². The topological polar surface area (TPSA) is 102 Å². The lowest BCUT2D eigenvalue weighted by Crippen LogP contribution is -2.46. The third kappa shape index (κ3) is 6.04. The third-order valence-corrected chi connectivity index (χ3v) is 5.27. The molecule has 0 spiro atoms. The molecule has 1 saturated carbocycles. The molecule has 3 amide bonds. The molecule has 1 aliphatic heterocycles. The molecule has 2 fully saturated rings. The minimum absolute atomic E-state index is 0.0198. The van der Waals surface area contributed by atoms with E-state index in [-0.39, 0.29) is 25.4 Å². The maximum absolute atomic E-state index is 12.6. The summed E-state index contributed by atoms with van der Waals surface area (Å²) in [6.07, 6.45) is 4.92. The summed E-state index contributed by atoms with van der Waals surface area (Å²) in [5.41, 5.74) is 0.822. The van der Waals surface area contributed by atoms with E-state index >= 15 is 0 Å². The Kier molecular flexibility index (Phi) is 7.21. The predicted molar refractivity (Wildman–Crippen MR) is 102 cm³/mol. The Labute approximate surface area is 169 Å². The first kappa shape index (κ1) is 20.8. The van der Waals surface area contributed by atoms with Gasteiger partial charge in [0, 0.05) is 12.8 Å². The van der Waals surface area contributed by atoms with Crippen LogP contribution in [0.5, 0.6) is 0 Å². The van der Waals surface area contributed by atoms with Gasteiger partial charge in [0.1, 0.15) is 12.6 Å². The first-order valence-electron chi connectivity index (χ1n) is 10.1. The average molecular weight is 402 g/mol. The number of carbonyl (C=O) groups excluding carboxylic acids is 4. The van der Waals surface area contributed by atoms with E-state index in [9.17, 15) is 19.2 Å². The summed E-state index contributed by atoms with van der Waals surface area (Å²) in [6.45, 7) is 0.0704. The van der Waals surface area contributed by atoms with Crippen molar-refractivity contribution in [3.8, 4) is 0 Å². The van der Waals surface area contributed by atoms with Crippen LogP contribution in [0.25, 0.3) is 0 Å². The molecule has 0 bridgehead atoms. The summed E-state index contributed by atoms with van der Waals surface area (Å²) in [7, 11) is 0. The van der Waals surface area contributed by atoms with Crippen molar-refractivity contribution in [2.45, 2.75) is 64.0 Å². The van der Waals surface area contributed by atoms with Gasteiger partial charge in [-0.15, -0.1) is 5.06 Å². The molecule has 1 saturated heterocycles. The minimum Gasteiger partial charge on any atom is -0.445 e. The highest BCUT2D eigenvalue weighted by molar-refractivity contribution is 6.01. The van der Waals surface area contributed by atoms with Gasteiger partial charge < -0.3 is 14.9 Å². The van der Waals surface area contributed by atoms with E-state index in [2.05, 4.69) is 5.32 Å². The van der Waals surface area contributed by atoms with Crippen LogP contribution in [0.3, 0.4) is 0 Å². The molecule has 0 radical (unpaired) electrons. The maximum Gasteiger partial charge on any atom is 0.408 e. The van der Waals surface area contributed by atoms with Crippen molar-refractivity contribution in [1.82, 2.24) is 10.4 Å². The van der Waals surface area contributed by atoms with E-state index in [1.807, 2.05) is 30.3 Å². The van der Waals surface area contributed by atoms with Gasteiger partial charge in [0.05, 0.1) is 0 Å². The van der Waals surface area contributed by atoms with Crippen LogP contribution in [0.15, 0.2) is 30.3 Å². The summed E-state index contributed by atoms with van der Waals surface area (Å²) >= 11 is 0. The van der Waals surface area contributed by atoms with Crippen LogP contribution in [0.2, 0.25) is 0 Å². The number of alkyl carbamates (subject to hydrolysis) is 1. The fourth-order valence-corrected chi connectivity index (χ4v) is 3.69. The third-order valence-electron chi connectivity index (χ3n) is 5.27. The number of hydrogen-bond acceptors (Lipinski definition) is 6. The fraction of sp³-hybridized carbons (Fsp3) is 0.524. The van der Waals surface area contributed by atoms with E-state index < -0.39 is 29.9 Å². The van der Waals surface area contributed by atoms with E-state index in [0.29, 0.717) is 11.5 Å². The highest BCUT2D eigenvalue weighted by Gasteiger charge is 2.36. The van der Waals surface area contributed by atoms with E-state index in [1.165, 1.54) is 0 Å². The predicted octanol–water partition coefficient (Wildman–Crippen LogP) is 2.86. The van der Waals surface area contributed by atoms with Gasteiger partial charge in [-0.2, -0.15) is 0 Å². The van der Waals surface area contributed by atoms with Gasteiger partial charge in [-0.3, -0.25) is 9.59 Å². The highest BCUT2D eigenvalue weighted by Crippen LogP contribution is 2.28. The fourth-order valence-electron chi connectivity index (χ4n) is 3.69. The number of amides is 3. The number of benzene rings is 1. The number of carbonyl (C=O) groups is 4. The van der Waals surface area contributed by atoms with Crippen molar-refractivity contribution in [3.63, 3.8) is 0 Å². The van der Waals surface area contributed by atoms with Crippen molar-refractivity contribution in [3.05, 3.63) is 35.9 Å². The molecule has 156 valence electrons. The van der Waals surface area contributed by atoms with Crippen LogP contribution in [-0.2, 0) is 30.6 Å². The van der Waals surface area contributed by atoms with Crippen LogP contribution in [0.4, 0.5) is 4.79 Å². The summed E-state index contributed by atoms with van der Waals surface area (Å²) < 4.78 is 5.20. The minimum atomic E-state index is -0.984. The van der Waals surface area contributed by atoms with E-state index in [4.69, 9.17) is 9.57 Å². The molecular weight excluding hydrogens is 376 g/mol. The summed E-state index contributed by atoms with van der Waals surface area (Å²) in [6, 6.07) is 8.20. The molecule has 2 aliphatic rings. The Morgan fingerprint density at radius 1 is 1.03 bits per heavy atom. The van der Waals surface area contributed by atoms with Crippen molar-refractivity contribution < 1.29 is 28.8 Å². The molecule has 1 atom stereocenters. The number of imide groups is 1. The number of hydroxylamine groups is 2. The summed E-state index contributed by atoms with van der Waals surface area (Å²) in [5, 5.41) is 3.06. The zero-order valence-corrected chi connectivity index (χ0v) is 16.3. The first-order valence-corrected chi connectivity index (χ1v) is 10.1. The number of nitrogens with one attached hydrogen (secondary N) is 1.